The minimum atomic E-state index is 0.0901. The Labute approximate surface area is 127 Å². The van der Waals surface area contributed by atoms with Gasteiger partial charge < -0.3 is 4.74 Å². The van der Waals surface area contributed by atoms with Gasteiger partial charge in [0.1, 0.15) is 5.75 Å². The number of para-hydroxylation sites is 1. The average Bonchev–Trinajstić information content (AvgIpc) is 2.51. The normalized spacial score (nSPS) is 12.1. The third-order valence-electron chi connectivity index (χ3n) is 3.76. The van der Waals surface area contributed by atoms with Crippen molar-refractivity contribution in [3.05, 3.63) is 65.2 Å². The van der Waals surface area contributed by atoms with Crippen LogP contribution >= 0.6 is 0 Å². The number of hydrogen-bond donors (Lipinski definition) is 2. The molecular formula is C18H24N2O. The van der Waals surface area contributed by atoms with Crippen LogP contribution < -0.4 is 16.0 Å². The van der Waals surface area contributed by atoms with Gasteiger partial charge in [-0.05, 0) is 43.9 Å². The molecule has 0 amide bonds. The van der Waals surface area contributed by atoms with Gasteiger partial charge in [-0.3, -0.25) is 11.3 Å². The van der Waals surface area contributed by atoms with E-state index in [0.29, 0.717) is 6.61 Å². The van der Waals surface area contributed by atoms with Gasteiger partial charge in [0.05, 0.1) is 6.61 Å². The summed E-state index contributed by atoms with van der Waals surface area (Å²) >= 11 is 0. The topological polar surface area (TPSA) is 47.3 Å². The maximum Gasteiger partial charge on any atom is 0.124 e. The number of benzene rings is 2. The predicted octanol–water partition coefficient (Wildman–Crippen LogP) is 3.53. The van der Waals surface area contributed by atoms with Crippen LogP contribution in [0.1, 0.15) is 36.1 Å². The lowest BCUT2D eigenvalue weighted by atomic mass is 9.96. The van der Waals surface area contributed by atoms with E-state index in [1.165, 1.54) is 11.1 Å². The smallest absolute Gasteiger partial charge is 0.124 e. The summed E-state index contributed by atoms with van der Waals surface area (Å²) in [5.74, 6) is 6.68. The summed E-state index contributed by atoms with van der Waals surface area (Å²) in [5, 5.41) is 0. The Hall–Kier alpha value is -1.84. The van der Waals surface area contributed by atoms with E-state index >= 15 is 0 Å². The van der Waals surface area contributed by atoms with Crippen LogP contribution in [-0.4, -0.2) is 6.61 Å². The summed E-state index contributed by atoms with van der Waals surface area (Å²) in [6, 6.07) is 16.7. The van der Waals surface area contributed by atoms with Crippen molar-refractivity contribution in [2.75, 3.05) is 6.61 Å². The molecule has 0 aromatic heterocycles. The lowest BCUT2D eigenvalue weighted by molar-refractivity contribution is 0.330. The van der Waals surface area contributed by atoms with Crippen LogP contribution in [0.4, 0.5) is 0 Å². The van der Waals surface area contributed by atoms with Crippen molar-refractivity contribution in [1.82, 2.24) is 5.43 Å². The molecule has 0 radical (unpaired) electrons. The molecule has 1 atom stereocenters. The van der Waals surface area contributed by atoms with Crippen molar-refractivity contribution in [1.29, 1.82) is 0 Å². The standard InChI is InChI=1S/C18H24N2O/c1-3-21-18-11-7-6-10-16(18)17(20-19)13-12-15-9-5-4-8-14(15)2/h4-11,17,20H,3,12-13,19H2,1-2H3. The van der Waals surface area contributed by atoms with Gasteiger partial charge in [0, 0.05) is 11.6 Å². The molecule has 0 heterocycles. The monoisotopic (exact) mass is 284 g/mol. The van der Waals surface area contributed by atoms with Crippen molar-refractivity contribution in [2.24, 2.45) is 5.84 Å². The average molecular weight is 284 g/mol. The molecule has 0 fully saturated rings. The van der Waals surface area contributed by atoms with Crippen molar-refractivity contribution in [3.63, 3.8) is 0 Å². The highest BCUT2D eigenvalue weighted by atomic mass is 16.5. The van der Waals surface area contributed by atoms with Gasteiger partial charge in [-0.25, -0.2) is 0 Å². The maximum absolute atomic E-state index is 5.77. The summed E-state index contributed by atoms with van der Waals surface area (Å²) in [6.45, 7) is 4.80. The third-order valence-corrected chi connectivity index (χ3v) is 3.76. The van der Waals surface area contributed by atoms with Crippen molar-refractivity contribution in [2.45, 2.75) is 32.7 Å². The van der Waals surface area contributed by atoms with E-state index in [1.807, 2.05) is 25.1 Å². The first-order valence-corrected chi connectivity index (χ1v) is 7.48. The number of nitrogens with two attached hydrogens (primary N) is 1. The second-order valence-corrected chi connectivity index (χ2v) is 5.16. The Morgan fingerprint density at radius 1 is 1.10 bits per heavy atom. The van der Waals surface area contributed by atoms with Gasteiger partial charge in [0.2, 0.25) is 0 Å². The lowest BCUT2D eigenvalue weighted by Gasteiger charge is -2.20. The fourth-order valence-corrected chi connectivity index (χ4v) is 2.57. The van der Waals surface area contributed by atoms with Crippen LogP contribution in [0.25, 0.3) is 0 Å². The van der Waals surface area contributed by atoms with E-state index in [-0.39, 0.29) is 6.04 Å². The summed E-state index contributed by atoms with van der Waals surface area (Å²) in [4.78, 5) is 0. The number of hydrazine groups is 1. The molecule has 3 nitrogen and oxygen atoms in total. The van der Waals surface area contributed by atoms with E-state index in [9.17, 15) is 0 Å². The van der Waals surface area contributed by atoms with Crippen molar-refractivity contribution in [3.8, 4) is 5.75 Å². The second kappa shape index (κ2) is 7.81. The van der Waals surface area contributed by atoms with Crippen LogP contribution in [0.3, 0.4) is 0 Å². The first-order valence-electron chi connectivity index (χ1n) is 7.48. The SMILES string of the molecule is CCOc1ccccc1C(CCc1ccccc1C)NN. The molecule has 2 aromatic carbocycles. The molecule has 0 aliphatic carbocycles. The minimum Gasteiger partial charge on any atom is -0.494 e. The van der Waals surface area contributed by atoms with Gasteiger partial charge in [-0.2, -0.15) is 0 Å². The molecule has 112 valence electrons. The summed E-state index contributed by atoms with van der Waals surface area (Å²) in [5.41, 5.74) is 6.74. The highest BCUT2D eigenvalue weighted by molar-refractivity contribution is 5.36. The van der Waals surface area contributed by atoms with E-state index in [2.05, 4.69) is 42.7 Å². The number of rotatable bonds is 7. The molecule has 0 aliphatic heterocycles. The van der Waals surface area contributed by atoms with Crippen LogP contribution in [0, 0.1) is 6.92 Å². The first kappa shape index (κ1) is 15.5. The van der Waals surface area contributed by atoms with Gasteiger partial charge >= 0.3 is 0 Å². The van der Waals surface area contributed by atoms with Gasteiger partial charge in [-0.1, -0.05) is 42.5 Å². The third kappa shape index (κ3) is 4.06. The first-order chi connectivity index (χ1) is 10.3. The second-order valence-electron chi connectivity index (χ2n) is 5.16. The van der Waals surface area contributed by atoms with Gasteiger partial charge in [-0.15, -0.1) is 0 Å². The van der Waals surface area contributed by atoms with Crippen molar-refractivity contribution >= 4 is 0 Å². The zero-order chi connectivity index (χ0) is 15.1. The minimum absolute atomic E-state index is 0.0901. The van der Waals surface area contributed by atoms with E-state index in [1.54, 1.807) is 0 Å². The zero-order valence-corrected chi connectivity index (χ0v) is 12.8. The largest absolute Gasteiger partial charge is 0.494 e. The quantitative estimate of drug-likeness (QED) is 0.604. The Morgan fingerprint density at radius 3 is 2.52 bits per heavy atom. The van der Waals surface area contributed by atoms with Crippen LogP contribution in [0.5, 0.6) is 5.75 Å². The molecule has 0 spiro atoms. The van der Waals surface area contributed by atoms with Gasteiger partial charge in [0.25, 0.3) is 0 Å². The predicted molar refractivity (Wildman–Crippen MR) is 87.2 cm³/mol. The molecule has 21 heavy (non-hydrogen) atoms. The van der Waals surface area contributed by atoms with Gasteiger partial charge in [0.15, 0.2) is 0 Å². The fourth-order valence-electron chi connectivity index (χ4n) is 2.57. The summed E-state index contributed by atoms with van der Waals surface area (Å²) < 4.78 is 5.70. The molecule has 2 rings (SSSR count). The molecule has 0 aliphatic rings. The lowest BCUT2D eigenvalue weighted by Crippen LogP contribution is -2.28. The Morgan fingerprint density at radius 2 is 1.81 bits per heavy atom. The Bertz CT molecular complexity index is 569. The Balaban J connectivity index is 2.12. The molecule has 1 unspecified atom stereocenters. The number of aryl methyl sites for hydroxylation is 2. The molecular weight excluding hydrogens is 260 g/mol. The highest BCUT2D eigenvalue weighted by Gasteiger charge is 2.14. The number of ether oxygens (including phenoxy) is 1. The van der Waals surface area contributed by atoms with E-state index < -0.39 is 0 Å². The van der Waals surface area contributed by atoms with Crippen LogP contribution in [-0.2, 0) is 6.42 Å². The molecule has 0 saturated heterocycles. The Kier molecular flexibility index (Phi) is 5.78. The molecule has 0 bridgehead atoms. The van der Waals surface area contributed by atoms with Crippen molar-refractivity contribution < 1.29 is 4.74 Å². The van der Waals surface area contributed by atoms with E-state index in [4.69, 9.17) is 10.6 Å². The summed E-state index contributed by atoms with van der Waals surface area (Å²) in [7, 11) is 0. The molecule has 0 saturated carbocycles. The van der Waals surface area contributed by atoms with Crippen LogP contribution in [0.15, 0.2) is 48.5 Å². The van der Waals surface area contributed by atoms with E-state index in [0.717, 1.165) is 24.2 Å². The van der Waals surface area contributed by atoms with Crippen LogP contribution in [0.2, 0.25) is 0 Å². The zero-order valence-electron chi connectivity index (χ0n) is 12.8. The number of nitrogens with one attached hydrogen (secondary N) is 1. The molecule has 2 aromatic rings. The fraction of sp³-hybridized carbons (Fsp3) is 0.333. The molecule has 3 heteroatoms. The molecule has 3 N–H and O–H groups in total. The summed E-state index contributed by atoms with van der Waals surface area (Å²) in [6.07, 6.45) is 1.92. The highest BCUT2D eigenvalue weighted by Crippen LogP contribution is 2.28. The number of hydrogen-bond acceptors (Lipinski definition) is 3. The maximum atomic E-state index is 5.77.